The highest BCUT2D eigenvalue weighted by molar-refractivity contribution is 7.89. The van der Waals surface area contributed by atoms with Crippen molar-refractivity contribution in [1.82, 2.24) is 14.3 Å². The lowest BCUT2D eigenvalue weighted by Crippen LogP contribution is -2.34. The van der Waals surface area contributed by atoms with Crippen LogP contribution in [0, 0.1) is 0 Å². The number of hydrogen-bond acceptors (Lipinski definition) is 5. The van der Waals surface area contributed by atoms with Gasteiger partial charge in [-0.05, 0) is 12.8 Å². The Morgan fingerprint density at radius 2 is 2.44 bits per heavy atom. The normalized spacial score (nSPS) is 21.9. The number of aliphatic imine (C=N–C) groups is 1. The van der Waals surface area contributed by atoms with Gasteiger partial charge < -0.3 is 4.98 Å². The summed E-state index contributed by atoms with van der Waals surface area (Å²) in [7, 11) is -3.62. The van der Waals surface area contributed by atoms with E-state index >= 15 is 0 Å². The molecule has 2 heterocycles. The minimum absolute atomic E-state index is 0.0144. The van der Waals surface area contributed by atoms with E-state index in [2.05, 4.69) is 15.0 Å². The second-order valence-corrected chi connectivity index (χ2v) is 5.23. The molecule has 1 fully saturated rings. The number of nitrogens with zero attached hydrogens (tertiary/aromatic N) is 3. The molecule has 0 bridgehead atoms. The largest absolute Gasteiger partial charge is 0.335 e. The van der Waals surface area contributed by atoms with Crippen molar-refractivity contribution >= 4 is 16.1 Å². The van der Waals surface area contributed by atoms with Crippen molar-refractivity contribution in [2.75, 3.05) is 6.54 Å². The Morgan fingerprint density at radius 3 is 3.06 bits per heavy atom. The molecule has 1 saturated heterocycles. The van der Waals surface area contributed by atoms with Crippen molar-refractivity contribution < 1.29 is 13.2 Å². The molecule has 0 aliphatic carbocycles. The van der Waals surface area contributed by atoms with Crippen LogP contribution < -0.4 is 0 Å². The highest BCUT2D eigenvalue weighted by Gasteiger charge is 2.36. The molecule has 16 heavy (non-hydrogen) atoms. The fourth-order valence-electron chi connectivity index (χ4n) is 1.70. The van der Waals surface area contributed by atoms with Crippen molar-refractivity contribution in [3.05, 3.63) is 12.5 Å². The summed E-state index contributed by atoms with van der Waals surface area (Å²) in [6.45, 7) is 0.358. The number of imidazole rings is 1. The zero-order valence-electron chi connectivity index (χ0n) is 8.33. The Morgan fingerprint density at radius 1 is 1.62 bits per heavy atom. The number of sulfonamides is 1. The third-order valence-electron chi connectivity index (χ3n) is 2.43. The molecule has 86 valence electrons. The molecule has 0 amide bonds. The lowest BCUT2D eigenvalue weighted by Gasteiger charge is -2.18. The van der Waals surface area contributed by atoms with Crippen molar-refractivity contribution in [2.45, 2.75) is 24.0 Å². The molecule has 1 atom stereocenters. The Kier molecular flexibility index (Phi) is 2.86. The molecule has 0 radical (unpaired) electrons. The lowest BCUT2D eigenvalue weighted by molar-refractivity contribution is 0.394. The molecule has 1 aliphatic rings. The van der Waals surface area contributed by atoms with Crippen LogP contribution in [-0.4, -0.2) is 41.5 Å². The molecule has 0 aromatic carbocycles. The van der Waals surface area contributed by atoms with E-state index in [1.807, 2.05) is 0 Å². The highest BCUT2D eigenvalue weighted by atomic mass is 32.2. The van der Waals surface area contributed by atoms with Crippen LogP contribution in [0.4, 0.5) is 0 Å². The van der Waals surface area contributed by atoms with Crippen LogP contribution in [0.1, 0.15) is 12.8 Å². The predicted molar refractivity (Wildman–Crippen MR) is 53.6 cm³/mol. The molecule has 0 spiro atoms. The van der Waals surface area contributed by atoms with Crippen molar-refractivity contribution in [3.63, 3.8) is 0 Å². The molecule has 8 heteroatoms. The molecule has 1 unspecified atom stereocenters. The fraction of sp³-hybridized carbons (Fsp3) is 0.500. The van der Waals surface area contributed by atoms with E-state index in [4.69, 9.17) is 0 Å². The van der Waals surface area contributed by atoms with Gasteiger partial charge in [0.25, 0.3) is 10.0 Å². The van der Waals surface area contributed by atoms with Gasteiger partial charge in [-0.15, -0.1) is 0 Å². The molecule has 7 nitrogen and oxygen atoms in total. The van der Waals surface area contributed by atoms with Crippen LogP contribution in [0.15, 0.2) is 22.5 Å². The van der Waals surface area contributed by atoms with Crippen molar-refractivity contribution in [1.29, 1.82) is 0 Å². The van der Waals surface area contributed by atoms with Gasteiger partial charge in [-0.3, -0.25) is 0 Å². The van der Waals surface area contributed by atoms with E-state index in [1.165, 1.54) is 22.9 Å². The maximum absolute atomic E-state index is 12.0. The summed E-state index contributed by atoms with van der Waals surface area (Å²) >= 11 is 0. The Labute approximate surface area is 92.3 Å². The number of hydrogen-bond donors (Lipinski definition) is 1. The topological polar surface area (TPSA) is 95.5 Å². The predicted octanol–water partition coefficient (Wildman–Crippen LogP) is -0.144. The SMILES string of the molecule is O=C=NC1CCCN1S(=O)(=O)c1cnc[nH]1. The lowest BCUT2D eigenvalue weighted by atomic mass is 10.3. The molecule has 0 saturated carbocycles. The Hall–Kier alpha value is -1.50. The quantitative estimate of drug-likeness (QED) is 0.589. The molecule has 2 rings (SSSR count). The second kappa shape index (κ2) is 4.17. The van der Waals surface area contributed by atoms with Gasteiger partial charge in [0.1, 0.15) is 6.17 Å². The van der Waals surface area contributed by atoms with Crippen LogP contribution in [0.25, 0.3) is 0 Å². The van der Waals surface area contributed by atoms with E-state index in [1.54, 1.807) is 0 Å². The van der Waals surface area contributed by atoms with E-state index in [9.17, 15) is 13.2 Å². The highest BCUT2D eigenvalue weighted by Crippen LogP contribution is 2.25. The summed E-state index contributed by atoms with van der Waals surface area (Å²) in [6, 6.07) is 0. The summed E-state index contributed by atoms with van der Waals surface area (Å²) in [5.41, 5.74) is 0. The average molecular weight is 242 g/mol. The fourth-order valence-corrected chi connectivity index (χ4v) is 3.19. The molecule has 1 N–H and O–H groups in total. The van der Waals surface area contributed by atoms with Gasteiger partial charge in [0.05, 0.1) is 12.5 Å². The van der Waals surface area contributed by atoms with Gasteiger partial charge >= 0.3 is 0 Å². The van der Waals surface area contributed by atoms with Crippen LogP contribution in [0.2, 0.25) is 0 Å². The maximum Gasteiger partial charge on any atom is 0.261 e. The monoisotopic (exact) mass is 242 g/mol. The molecular formula is C8H10N4O3S. The van der Waals surface area contributed by atoms with Gasteiger partial charge in [-0.1, -0.05) is 0 Å². The van der Waals surface area contributed by atoms with Crippen molar-refractivity contribution in [3.8, 4) is 0 Å². The zero-order chi connectivity index (χ0) is 11.6. The van der Waals surface area contributed by atoms with Gasteiger partial charge in [-0.2, -0.15) is 9.30 Å². The summed E-state index contributed by atoms with van der Waals surface area (Å²) in [4.78, 5) is 19.9. The first-order valence-electron chi connectivity index (χ1n) is 4.73. The first kappa shape index (κ1) is 11.0. The first-order chi connectivity index (χ1) is 7.66. The number of aromatic nitrogens is 2. The van der Waals surface area contributed by atoms with E-state index in [-0.39, 0.29) is 5.03 Å². The summed E-state index contributed by atoms with van der Waals surface area (Å²) in [6.07, 6.45) is 4.52. The van der Waals surface area contributed by atoms with Gasteiger partial charge in [-0.25, -0.2) is 18.2 Å². The van der Waals surface area contributed by atoms with Crippen LogP contribution in [0.5, 0.6) is 0 Å². The van der Waals surface area contributed by atoms with Crippen LogP contribution in [-0.2, 0) is 14.8 Å². The van der Waals surface area contributed by atoms with E-state index in [0.29, 0.717) is 19.4 Å². The standard InChI is InChI=1S/C8H10N4O3S/c13-6-11-7-2-1-3-12(7)16(14,15)8-4-9-5-10-8/h4-5,7H,1-3H2,(H,9,10). The summed E-state index contributed by atoms with van der Waals surface area (Å²) in [5.74, 6) is 0. The molecule has 1 aliphatic heterocycles. The third kappa shape index (κ3) is 1.78. The Balaban J connectivity index is 2.34. The average Bonchev–Trinajstić information content (AvgIpc) is 2.88. The number of isocyanates is 1. The zero-order valence-corrected chi connectivity index (χ0v) is 9.14. The van der Waals surface area contributed by atoms with Gasteiger partial charge in [0.15, 0.2) is 5.03 Å². The second-order valence-electron chi connectivity index (χ2n) is 3.37. The number of carbonyl (C=O) groups excluding carboxylic acids is 1. The van der Waals surface area contributed by atoms with Crippen LogP contribution >= 0.6 is 0 Å². The van der Waals surface area contributed by atoms with Crippen LogP contribution in [0.3, 0.4) is 0 Å². The molecular weight excluding hydrogens is 232 g/mol. The molecule has 1 aromatic rings. The minimum atomic E-state index is -3.62. The Bertz CT molecular complexity index is 503. The van der Waals surface area contributed by atoms with Gasteiger partial charge in [0.2, 0.25) is 6.08 Å². The maximum atomic E-state index is 12.0. The van der Waals surface area contributed by atoms with Gasteiger partial charge in [0, 0.05) is 6.54 Å². The molecule has 1 aromatic heterocycles. The van der Waals surface area contributed by atoms with Crippen molar-refractivity contribution in [2.24, 2.45) is 4.99 Å². The van der Waals surface area contributed by atoms with E-state index in [0.717, 1.165) is 0 Å². The first-order valence-corrected chi connectivity index (χ1v) is 6.17. The number of aromatic amines is 1. The van der Waals surface area contributed by atoms with E-state index < -0.39 is 16.2 Å². The number of nitrogens with one attached hydrogen (secondary N) is 1. The third-order valence-corrected chi connectivity index (χ3v) is 4.26. The number of rotatable bonds is 3. The minimum Gasteiger partial charge on any atom is -0.335 e. The number of H-pyrrole nitrogens is 1. The summed E-state index contributed by atoms with van der Waals surface area (Å²) in [5, 5.41) is 0.0144. The smallest absolute Gasteiger partial charge is 0.261 e. The summed E-state index contributed by atoms with van der Waals surface area (Å²) < 4.78 is 25.3.